The van der Waals surface area contributed by atoms with E-state index in [9.17, 15) is 14.0 Å². The highest BCUT2D eigenvalue weighted by molar-refractivity contribution is 5.96. The van der Waals surface area contributed by atoms with Gasteiger partial charge in [0.15, 0.2) is 0 Å². The highest BCUT2D eigenvalue weighted by Crippen LogP contribution is 2.13. The van der Waals surface area contributed by atoms with Crippen LogP contribution in [0.15, 0.2) is 53.5 Å². The first-order chi connectivity index (χ1) is 14.0. The Morgan fingerprint density at radius 2 is 1.90 bits per heavy atom. The first-order valence-electron chi connectivity index (χ1n) is 9.77. The molecule has 3 rings (SSSR count). The zero-order valence-corrected chi connectivity index (χ0v) is 16.7. The van der Waals surface area contributed by atoms with Gasteiger partial charge in [0.05, 0.1) is 6.54 Å². The van der Waals surface area contributed by atoms with Crippen molar-refractivity contribution in [1.29, 1.82) is 0 Å². The number of nitrogens with zero attached hydrogens (tertiary/aromatic N) is 3. The number of pyridine rings is 2. The lowest BCUT2D eigenvalue weighted by Crippen LogP contribution is -2.38. The van der Waals surface area contributed by atoms with Crippen molar-refractivity contribution in [3.8, 4) is 0 Å². The lowest BCUT2D eigenvalue weighted by atomic mass is 10.1. The van der Waals surface area contributed by atoms with Gasteiger partial charge < -0.3 is 10.2 Å². The van der Waals surface area contributed by atoms with Crippen molar-refractivity contribution < 1.29 is 9.18 Å². The second-order valence-corrected chi connectivity index (χ2v) is 6.77. The van der Waals surface area contributed by atoms with E-state index in [1.807, 2.05) is 6.07 Å². The standard InChI is InChI=1S/C22H25FN4O2/c1-3-26(4-2)13-12-25-21(28)19-14-17-6-5-11-24-20(17)27(22(19)29)15-16-7-9-18(23)10-8-16/h5-11,14H,3-4,12-13,15H2,1-2H3,(H,25,28). The van der Waals surface area contributed by atoms with Crippen molar-refractivity contribution in [2.24, 2.45) is 0 Å². The molecule has 6 nitrogen and oxygen atoms in total. The maximum Gasteiger partial charge on any atom is 0.265 e. The average molecular weight is 396 g/mol. The first-order valence-corrected chi connectivity index (χ1v) is 9.77. The minimum absolute atomic E-state index is 0.0761. The maximum absolute atomic E-state index is 13.2. The van der Waals surface area contributed by atoms with Crippen LogP contribution in [-0.2, 0) is 6.54 Å². The van der Waals surface area contributed by atoms with E-state index in [4.69, 9.17) is 0 Å². The second kappa shape index (κ2) is 9.43. The molecule has 0 saturated carbocycles. The Labute approximate surface area is 169 Å². The molecular weight excluding hydrogens is 371 g/mol. The van der Waals surface area contributed by atoms with E-state index < -0.39 is 11.5 Å². The summed E-state index contributed by atoms with van der Waals surface area (Å²) in [7, 11) is 0. The summed E-state index contributed by atoms with van der Waals surface area (Å²) in [5.41, 5.74) is 0.897. The maximum atomic E-state index is 13.2. The molecule has 0 aliphatic heterocycles. The molecule has 152 valence electrons. The van der Waals surface area contributed by atoms with Gasteiger partial charge in [-0.3, -0.25) is 14.2 Å². The third kappa shape index (κ3) is 4.86. The first kappa shape index (κ1) is 20.7. The van der Waals surface area contributed by atoms with E-state index in [-0.39, 0.29) is 17.9 Å². The monoisotopic (exact) mass is 396 g/mol. The van der Waals surface area contributed by atoms with Crippen LogP contribution in [0.25, 0.3) is 11.0 Å². The molecule has 1 amide bonds. The summed E-state index contributed by atoms with van der Waals surface area (Å²) in [5, 5.41) is 3.54. The van der Waals surface area contributed by atoms with Crippen LogP contribution in [0.3, 0.4) is 0 Å². The van der Waals surface area contributed by atoms with Crippen LogP contribution in [0.4, 0.5) is 4.39 Å². The van der Waals surface area contributed by atoms with Gasteiger partial charge >= 0.3 is 0 Å². The minimum Gasteiger partial charge on any atom is -0.351 e. The molecule has 0 aliphatic carbocycles. The van der Waals surface area contributed by atoms with E-state index >= 15 is 0 Å². The number of hydrogen-bond acceptors (Lipinski definition) is 4. The molecule has 3 aromatic rings. The van der Waals surface area contributed by atoms with Gasteiger partial charge in [0.25, 0.3) is 11.5 Å². The van der Waals surface area contributed by atoms with Crippen LogP contribution in [0.1, 0.15) is 29.8 Å². The highest BCUT2D eigenvalue weighted by Gasteiger charge is 2.16. The third-order valence-corrected chi connectivity index (χ3v) is 4.95. The fourth-order valence-electron chi connectivity index (χ4n) is 3.25. The van der Waals surface area contributed by atoms with Crippen LogP contribution in [0, 0.1) is 5.82 Å². The lowest BCUT2D eigenvalue weighted by molar-refractivity contribution is 0.0947. The van der Waals surface area contributed by atoms with Crippen molar-refractivity contribution in [3.05, 3.63) is 76.0 Å². The Kier molecular flexibility index (Phi) is 6.72. The fraction of sp³-hybridized carbons (Fsp3) is 0.318. The largest absolute Gasteiger partial charge is 0.351 e. The summed E-state index contributed by atoms with van der Waals surface area (Å²) in [4.78, 5) is 32.3. The molecule has 0 fully saturated rings. The Morgan fingerprint density at radius 1 is 1.17 bits per heavy atom. The molecule has 0 bridgehead atoms. The molecule has 0 radical (unpaired) electrons. The molecule has 0 atom stereocenters. The number of nitrogens with one attached hydrogen (secondary N) is 1. The third-order valence-electron chi connectivity index (χ3n) is 4.95. The molecule has 0 unspecified atom stereocenters. The van der Waals surface area contributed by atoms with Crippen molar-refractivity contribution in [2.75, 3.05) is 26.2 Å². The quantitative estimate of drug-likeness (QED) is 0.636. The molecule has 29 heavy (non-hydrogen) atoms. The molecule has 2 heterocycles. The van der Waals surface area contributed by atoms with Gasteiger partial charge in [0.2, 0.25) is 0 Å². The van der Waals surface area contributed by atoms with E-state index in [0.717, 1.165) is 25.2 Å². The smallest absolute Gasteiger partial charge is 0.265 e. The van der Waals surface area contributed by atoms with E-state index in [2.05, 4.69) is 29.0 Å². The minimum atomic E-state index is -0.416. The van der Waals surface area contributed by atoms with Gasteiger partial charge in [0.1, 0.15) is 17.0 Å². The van der Waals surface area contributed by atoms with Crippen LogP contribution in [0.5, 0.6) is 0 Å². The molecule has 1 aromatic carbocycles. The fourth-order valence-corrected chi connectivity index (χ4v) is 3.25. The van der Waals surface area contributed by atoms with Crippen molar-refractivity contribution in [3.63, 3.8) is 0 Å². The molecule has 7 heteroatoms. The number of benzene rings is 1. The lowest BCUT2D eigenvalue weighted by Gasteiger charge is -2.18. The van der Waals surface area contributed by atoms with Crippen LogP contribution in [-0.4, -0.2) is 46.5 Å². The summed E-state index contributed by atoms with van der Waals surface area (Å²) >= 11 is 0. The van der Waals surface area contributed by atoms with Gasteiger partial charge in [-0.25, -0.2) is 9.37 Å². The summed E-state index contributed by atoms with van der Waals surface area (Å²) in [5.74, 6) is -0.744. The van der Waals surface area contributed by atoms with Gasteiger partial charge in [-0.15, -0.1) is 0 Å². The zero-order chi connectivity index (χ0) is 20.8. The Morgan fingerprint density at radius 3 is 2.59 bits per heavy atom. The summed E-state index contributed by atoms with van der Waals surface area (Å²) < 4.78 is 14.7. The predicted molar refractivity (Wildman–Crippen MR) is 112 cm³/mol. The summed E-state index contributed by atoms with van der Waals surface area (Å²) in [6, 6.07) is 11.1. The van der Waals surface area contributed by atoms with E-state index in [0.29, 0.717) is 17.6 Å². The van der Waals surface area contributed by atoms with Gasteiger partial charge in [-0.2, -0.15) is 0 Å². The topological polar surface area (TPSA) is 67.2 Å². The second-order valence-electron chi connectivity index (χ2n) is 6.77. The number of rotatable bonds is 8. The number of likely N-dealkylation sites (N-methyl/N-ethyl adjacent to an activating group) is 1. The molecule has 2 aromatic heterocycles. The van der Waals surface area contributed by atoms with Gasteiger partial charge in [0, 0.05) is 24.7 Å². The molecule has 0 aliphatic rings. The Balaban J connectivity index is 1.92. The normalized spacial score (nSPS) is 11.2. The number of carbonyl (C=O) groups is 1. The molecular formula is C22H25FN4O2. The van der Waals surface area contributed by atoms with Gasteiger partial charge in [-0.05, 0) is 49.0 Å². The predicted octanol–water partition coefficient (Wildman–Crippen LogP) is 2.66. The van der Waals surface area contributed by atoms with Crippen molar-refractivity contribution in [1.82, 2.24) is 19.8 Å². The van der Waals surface area contributed by atoms with Crippen LogP contribution >= 0.6 is 0 Å². The number of fused-ring (bicyclic) bond motifs is 1. The summed E-state index contributed by atoms with van der Waals surface area (Å²) in [6.45, 7) is 7.32. The van der Waals surface area contributed by atoms with Crippen molar-refractivity contribution >= 4 is 16.9 Å². The highest BCUT2D eigenvalue weighted by atomic mass is 19.1. The Bertz CT molecular complexity index is 1040. The average Bonchev–Trinajstić information content (AvgIpc) is 2.74. The van der Waals surface area contributed by atoms with Gasteiger partial charge in [-0.1, -0.05) is 26.0 Å². The Hall–Kier alpha value is -3.06. The molecule has 1 N–H and O–H groups in total. The number of halogens is 1. The number of aromatic nitrogens is 2. The molecule has 0 saturated heterocycles. The van der Waals surface area contributed by atoms with E-state index in [1.165, 1.54) is 16.7 Å². The molecule has 0 spiro atoms. The van der Waals surface area contributed by atoms with Crippen LogP contribution < -0.4 is 10.9 Å². The number of hydrogen-bond donors (Lipinski definition) is 1. The zero-order valence-electron chi connectivity index (χ0n) is 16.7. The SMILES string of the molecule is CCN(CC)CCNC(=O)c1cc2cccnc2n(Cc2ccc(F)cc2)c1=O. The van der Waals surface area contributed by atoms with E-state index in [1.54, 1.807) is 30.5 Å². The summed E-state index contributed by atoms with van der Waals surface area (Å²) in [6.07, 6.45) is 1.60. The van der Waals surface area contributed by atoms with Crippen LogP contribution in [0.2, 0.25) is 0 Å². The number of carbonyl (C=O) groups excluding carboxylic acids is 1. The number of amides is 1. The van der Waals surface area contributed by atoms with Crippen molar-refractivity contribution in [2.45, 2.75) is 20.4 Å².